The molecule has 2 heterocycles. The number of urea groups is 1. The molecule has 3 rings (SSSR count). The number of amides is 3. The zero-order chi connectivity index (χ0) is 20.1. The highest BCUT2D eigenvalue weighted by atomic mass is 79.9. The number of rotatable bonds is 6. The summed E-state index contributed by atoms with van der Waals surface area (Å²) >= 11 is 11.2. The second-order valence-corrected chi connectivity index (χ2v) is 9.66. The number of primary amides is 1. The van der Waals surface area contributed by atoms with Crippen molar-refractivity contribution in [1.82, 2.24) is 15.1 Å². The summed E-state index contributed by atoms with van der Waals surface area (Å²) in [6.45, 7) is 3.91. The second-order valence-electron chi connectivity index (χ2n) is 6.68. The molecule has 0 aliphatic carbocycles. The van der Waals surface area contributed by atoms with E-state index in [4.69, 9.17) is 17.3 Å². The molecular formula is C19H22BrClN4O2S. The van der Waals surface area contributed by atoms with E-state index in [9.17, 15) is 9.59 Å². The fourth-order valence-electron chi connectivity index (χ4n) is 3.24. The molecule has 1 aliphatic rings. The largest absolute Gasteiger partial charge is 0.352 e. The third-order valence-corrected chi connectivity index (χ3v) is 6.56. The standard InChI is InChI=1S/C19H22BrClN4O2S/c20-17-6-5-15(28-17)12-24-7-9-25(10-8-24)18(26)11-16(23-19(22)27)13-1-3-14(21)4-2-13/h1-6,16H,7-12H2,(H3,22,23,27)/t16-/m1/s1. The Bertz CT molecular complexity index is 822. The number of piperazine rings is 1. The summed E-state index contributed by atoms with van der Waals surface area (Å²) in [5, 5.41) is 3.26. The van der Waals surface area contributed by atoms with Gasteiger partial charge in [0, 0.05) is 42.6 Å². The molecule has 6 nitrogen and oxygen atoms in total. The molecule has 9 heteroatoms. The maximum atomic E-state index is 12.8. The number of hydrogen-bond donors (Lipinski definition) is 2. The van der Waals surface area contributed by atoms with Crippen LogP contribution in [0.3, 0.4) is 0 Å². The molecule has 2 aromatic rings. The van der Waals surface area contributed by atoms with Crippen molar-refractivity contribution in [1.29, 1.82) is 0 Å². The summed E-state index contributed by atoms with van der Waals surface area (Å²) in [4.78, 5) is 29.7. The van der Waals surface area contributed by atoms with Crippen LogP contribution in [0.25, 0.3) is 0 Å². The quantitative estimate of drug-likeness (QED) is 0.656. The number of carbonyl (C=O) groups excluding carboxylic acids is 2. The van der Waals surface area contributed by atoms with Crippen molar-refractivity contribution in [3.8, 4) is 0 Å². The molecule has 1 fully saturated rings. The van der Waals surface area contributed by atoms with E-state index < -0.39 is 12.1 Å². The van der Waals surface area contributed by atoms with Crippen LogP contribution in [0.1, 0.15) is 22.9 Å². The highest BCUT2D eigenvalue weighted by Gasteiger charge is 2.25. The van der Waals surface area contributed by atoms with Crippen LogP contribution in [0, 0.1) is 0 Å². The Morgan fingerprint density at radius 3 is 2.39 bits per heavy atom. The lowest BCUT2D eigenvalue weighted by Crippen LogP contribution is -2.49. The SMILES string of the molecule is NC(=O)N[C@H](CC(=O)N1CCN(Cc2ccc(Br)s2)CC1)c1ccc(Cl)cc1. The maximum Gasteiger partial charge on any atom is 0.312 e. The Balaban J connectivity index is 1.55. The highest BCUT2D eigenvalue weighted by Crippen LogP contribution is 2.24. The normalized spacial score (nSPS) is 16.0. The van der Waals surface area contributed by atoms with Gasteiger partial charge in [-0.15, -0.1) is 11.3 Å². The van der Waals surface area contributed by atoms with Crippen LogP contribution in [-0.2, 0) is 11.3 Å². The fraction of sp³-hybridized carbons (Fsp3) is 0.368. The predicted octanol–water partition coefficient (Wildman–Crippen LogP) is 3.61. The molecule has 1 aromatic heterocycles. The molecular weight excluding hydrogens is 464 g/mol. The van der Waals surface area contributed by atoms with Crippen LogP contribution in [0.2, 0.25) is 5.02 Å². The molecule has 1 atom stereocenters. The second kappa shape index (κ2) is 9.73. The molecule has 28 heavy (non-hydrogen) atoms. The first-order valence-electron chi connectivity index (χ1n) is 8.96. The van der Waals surface area contributed by atoms with Crippen molar-refractivity contribution in [2.45, 2.75) is 19.0 Å². The number of carbonyl (C=O) groups is 2. The van der Waals surface area contributed by atoms with Gasteiger partial charge in [0.05, 0.1) is 16.2 Å². The molecule has 1 saturated heterocycles. The van der Waals surface area contributed by atoms with E-state index in [2.05, 4.69) is 38.3 Å². The lowest BCUT2D eigenvalue weighted by atomic mass is 10.0. The van der Waals surface area contributed by atoms with E-state index in [1.165, 1.54) is 4.88 Å². The Morgan fingerprint density at radius 2 is 1.82 bits per heavy atom. The van der Waals surface area contributed by atoms with Gasteiger partial charge in [-0.25, -0.2) is 4.79 Å². The molecule has 0 radical (unpaired) electrons. The highest BCUT2D eigenvalue weighted by molar-refractivity contribution is 9.11. The number of halogens is 2. The van der Waals surface area contributed by atoms with Crippen LogP contribution < -0.4 is 11.1 Å². The first-order chi connectivity index (χ1) is 13.4. The van der Waals surface area contributed by atoms with Gasteiger partial charge < -0.3 is 16.0 Å². The zero-order valence-corrected chi connectivity index (χ0v) is 18.4. The van der Waals surface area contributed by atoms with Crippen LogP contribution in [0.5, 0.6) is 0 Å². The minimum atomic E-state index is -0.653. The zero-order valence-electron chi connectivity index (χ0n) is 15.2. The van der Waals surface area contributed by atoms with Gasteiger partial charge in [0.15, 0.2) is 0 Å². The lowest BCUT2D eigenvalue weighted by molar-refractivity contribution is -0.133. The van der Waals surface area contributed by atoms with E-state index in [-0.39, 0.29) is 12.3 Å². The van der Waals surface area contributed by atoms with Crippen molar-refractivity contribution < 1.29 is 9.59 Å². The van der Waals surface area contributed by atoms with Gasteiger partial charge in [0.1, 0.15) is 0 Å². The van der Waals surface area contributed by atoms with Crippen molar-refractivity contribution >= 4 is 50.8 Å². The molecule has 0 unspecified atom stereocenters. The number of nitrogens with one attached hydrogen (secondary N) is 1. The lowest BCUT2D eigenvalue weighted by Gasteiger charge is -2.35. The minimum absolute atomic E-state index is 0.00668. The Morgan fingerprint density at radius 1 is 1.14 bits per heavy atom. The van der Waals surface area contributed by atoms with E-state index in [0.717, 1.165) is 29.0 Å². The van der Waals surface area contributed by atoms with E-state index in [0.29, 0.717) is 18.1 Å². The average Bonchev–Trinajstić information content (AvgIpc) is 3.06. The topological polar surface area (TPSA) is 78.7 Å². The molecule has 1 aliphatic heterocycles. The number of benzene rings is 1. The van der Waals surface area contributed by atoms with Gasteiger partial charge in [-0.1, -0.05) is 23.7 Å². The van der Waals surface area contributed by atoms with Gasteiger partial charge in [-0.3, -0.25) is 9.69 Å². The smallest absolute Gasteiger partial charge is 0.312 e. The van der Waals surface area contributed by atoms with Gasteiger partial charge >= 0.3 is 6.03 Å². The molecule has 150 valence electrons. The van der Waals surface area contributed by atoms with Gasteiger partial charge in [-0.05, 0) is 45.8 Å². The van der Waals surface area contributed by atoms with E-state index in [1.54, 1.807) is 35.6 Å². The molecule has 0 saturated carbocycles. The number of nitrogens with zero attached hydrogens (tertiary/aromatic N) is 2. The van der Waals surface area contributed by atoms with Crippen molar-refractivity contribution in [2.24, 2.45) is 5.73 Å². The summed E-state index contributed by atoms with van der Waals surface area (Å²) in [6, 6.07) is 10.1. The number of thiophene rings is 1. The molecule has 0 spiro atoms. The minimum Gasteiger partial charge on any atom is -0.352 e. The third-order valence-electron chi connectivity index (χ3n) is 4.70. The van der Waals surface area contributed by atoms with E-state index in [1.807, 2.05) is 4.90 Å². The first kappa shape index (κ1) is 21.1. The third kappa shape index (κ3) is 5.94. The predicted molar refractivity (Wildman–Crippen MR) is 115 cm³/mol. The monoisotopic (exact) mass is 484 g/mol. The Hall–Kier alpha value is -1.61. The van der Waals surface area contributed by atoms with Crippen LogP contribution in [-0.4, -0.2) is 47.9 Å². The van der Waals surface area contributed by atoms with Crippen molar-refractivity contribution in [2.75, 3.05) is 26.2 Å². The summed E-state index contributed by atoms with van der Waals surface area (Å²) in [6.07, 6.45) is 0.169. The summed E-state index contributed by atoms with van der Waals surface area (Å²) in [7, 11) is 0. The van der Waals surface area contributed by atoms with Crippen LogP contribution in [0.4, 0.5) is 4.79 Å². The number of hydrogen-bond acceptors (Lipinski definition) is 4. The Labute approximate surface area is 181 Å². The van der Waals surface area contributed by atoms with E-state index >= 15 is 0 Å². The summed E-state index contributed by atoms with van der Waals surface area (Å²) in [5.74, 6) is 0.00668. The fourth-order valence-corrected chi connectivity index (χ4v) is 4.89. The van der Waals surface area contributed by atoms with Crippen molar-refractivity contribution in [3.63, 3.8) is 0 Å². The summed E-state index contributed by atoms with van der Waals surface area (Å²) < 4.78 is 1.13. The molecule has 1 aromatic carbocycles. The van der Waals surface area contributed by atoms with Crippen molar-refractivity contribution in [3.05, 3.63) is 55.6 Å². The maximum absolute atomic E-state index is 12.8. The van der Waals surface area contributed by atoms with Crippen LogP contribution in [0.15, 0.2) is 40.2 Å². The molecule has 3 N–H and O–H groups in total. The Kier molecular flexibility index (Phi) is 7.34. The molecule has 0 bridgehead atoms. The van der Waals surface area contributed by atoms with Gasteiger partial charge in [-0.2, -0.15) is 0 Å². The molecule has 3 amide bonds. The number of nitrogens with two attached hydrogens (primary N) is 1. The first-order valence-corrected chi connectivity index (χ1v) is 11.0. The summed E-state index contributed by atoms with van der Waals surface area (Å²) in [5.41, 5.74) is 6.10. The van der Waals surface area contributed by atoms with Crippen LogP contribution >= 0.6 is 38.9 Å². The van der Waals surface area contributed by atoms with Gasteiger partial charge in [0.25, 0.3) is 0 Å². The average molecular weight is 486 g/mol. The van der Waals surface area contributed by atoms with Gasteiger partial charge in [0.2, 0.25) is 5.91 Å².